The summed E-state index contributed by atoms with van der Waals surface area (Å²) in [5.74, 6) is -0.0173. The monoisotopic (exact) mass is 270 g/mol. The van der Waals surface area contributed by atoms with Crippen molar-refractivity contribution in [3.05, 3.63) is 48.0 Å². The molecule has 3 rings (SSSR count). The zero-order valence-electron chi connectivity index (χ0n) is 11.5. The van der Waals surface area contributed by atoms with E-state index in [0.717, 1.165) is 24.1 Å². The Labute approximate surface area is 118 Å². The van der Waals surface area contributed by atoms with Gasteiger partial charge in [0.1, 0.15) is 5.69 Å². The highest BCUT2D eigenvalue weighted by Crippen LogP contribution is 2.30. The minimum absolute atomic E-state index is 0.0173. The summed E-state index contributed by atoms with van der Waals surface area (Å²) in [6.45, 7) is 0.548. The van der Waals surface area contributed by atoms with Crippen molar-refractivity contribution in [2.75, 3.05) is 5.73 Å². The topological polar surface area (TPSA) is 64.2 Å². The molecule has 1 aromatic heterocycles. The van der Waals surface area contributed by atoms with Crippen molar-refractivity contribution in [3.63, 3.8) is 0 Å². The molecule has 1 aromatic carbocycles. The average Bonchev–Trinajstić information content (AvgIpc) is 3.18. The average molecular weight is 270 g/mol. The molecule has 0 spiro atoms. The number of hydrogen-bond acceptors (Lipinski definition) is 3. The Morgan fingerprint density at radius 3 is 2.80 bits per heavy atom. The van der Waals surface area contributed by atoms with E-state index in [0.29, 0.717) is 18.3 Å². The molecule has 1 heterocycles. The van der Waals surface area contributed by atoms with Crippen molar-refractivity contribution in [3.8, 4) is 0 Å². The van der Waals surface area contributed by atoms with Gasteiger partial charge in [-0.2, -0.15) is 0 Å². The van der Waals surface area contributed by atoms with Gasteiger partial charge < -0.3 is 15.2 Å². The van der Waals surface area contributed by atoms with E-state index in [1.54, 1.807) is 17.1 Å². The fourth-order valence-electron chi connectivity index (χ4n) is 2.29. The van der Waals surface area contributed by atoms with Crippen LogP contribution in [0.25, 0.3) is 0 Å². The predicted octanol–water partition coefficient (Wildman–Crippen LogP) is 1.81. The third-order valence-electron chi connectivity index (χ3n) is 3.57. The minimum atomic E-state index is -0.0173. The van der Waals surface area contributed by atoms with Crippen LogP contribution in [0.15, 0.2) is 36.8 Å². The number of amides is 1. The van der Waals surface area contributed by atoms with Crippen LogP contribution in [0.3, 0.4) is 0 Å². The summed E-state index contributed by atoms with van der Waals surface area (Å²) in [6.07, 6.45) is 5.53. The second-order valence-corrected chi connectivity index (χ2v) is 5.29. The molecule has 0 saturated heterocycles. The summed E-state index contributed by atoms with van der Waals surface area (Å²) < 4.78 is 1.79. The van der Waals surface area contributed by atoms with Crippen LogP contribution in [-0.4, -0.2) is 26.4 Å². The first kappa shape index (κ1) is 12.7. The number of carbonyl (C=O) groups is 1. The number of anilines is 1. The fourth-order valence-corrected chi connectivity index (χ4v) is 2.29. The Bertz CT molecular complexity index is 630. The number of aryl methyl sites for hydroxylation is 1. The molecule has 0 aliphatic heterocycles. The van der Waals surface area contributed by atoms with Gasteiger partial charge >= 0.3 is 0 Å². The molecule has 2 aromatic rings. The molecule has 1 fully saturated rings. The van der Waals surface area contributed by atoms with Gasteiger partial charge in [0.25, 0.3) is 5.91 Å². The number of rotatable bonds is 4. The molecule has 1 aliphatic carbocycles. The lowest BCUT2D eigenvalue weighted by molar-refractivity contribution is 0.0725. The van der Waals surface area contributed by atoms with E-state index in [1.165, 1.54) is 0 Å². The number of carbonyl (C=O) groups excluding carboxylic acids is 1. The first-order valence-electron chi connectivity index (χ1n) is 6.77. The lowest BCUT2D eigenvalue weighted by Gasteiger charge is -2.22. The molecule has 0 bridgehead atoms. The van der Waals surface area contributed by atoms with Gasteiger partial charge in [-0.3, -0.25) is 4.79 Å². The van der Waals surface area contributed by atoms with E-state index in [1.807, 2.05) is 36.2 Å². The number of aromatic nitrogens is 2. The number of para-hydroxylation sites is 1. The highest BCUT2D eigenvalue weighted by Gasteiger charge is 2.34. The van der Waals surface area contributed by atoms with E-state index < -0.39 is 0 Å². The largest absolute Gasteiger partial charge is 0.398 e. The Morgan fingerprint density at radius 2 is 2.20 bits per heavy atom. The molecule has 1 aliphatic rings. The molecule has 0 unspecified atom stereocenters. The van der Waals surface area contributed by atoms with Crippen molar-refractivity contribution in [1.82, 2.24) is 14.5 Å². The number of hydrogen-bond donors (Lipinski definition) is 1. The Kier molecular flexibility index (Phi) is 3.18. The number of nitrogens with zero attached hydrogens (tertiary/aromatic N) is 3. The van der Waals surface area contributed by atoms with Crippen LogP contribution in [0.4, 0.5) is 5.69 Å². The smallest absolute Gasteiger partial charge is 0.274 e. The van der Waals surface area contributed by atoms with E-state index in [4.69, 9.17) is 5.73 Å². The Hall–Kier alpha value is -2.30. The number of nitrogens with two attached hydrogens (primary N) is 1. The molecule has 5 heteroatoms. The first-order valence-corrected chi connectivity index (χ1v) is 6.77. The maximum absolute atomic E-state index is 12.6. The Balaban J connectivity index is 1.83. The first-order chi connectivity index (χ1) is 9.65. The Morgan fingerprint density at radius 1 is 1.45 bits per heavy atom. The number of nitrogen functional groups attached to an aromatic ring is 1. The molecule has 5 nitrogen and oxygen atoms in total. The minimum Gasteiger partial charge on any atom is -0.398 e. The van der Waals surface area contributed by atoms with Crippen molar-refractivity contribution < 1.29 is 4.79 Å². The zero-order valence-corrected chi connectivity index (χ0v) is 11.5. The lowest BCUT2D eigenvalue weighted by atomic mass is 10.1. The maximum atomic E-state index is 12.6. The summed E-state index contributed by atoms with van der Waals surface area (Å²) in [5, 5.41) is 0. The highest BCUT2D eigenvalue weighted by molar-refractivity contribution is 5.92. The van der Waals surface area contributed by atoms with Crippen LogP contribution < -0.4 is 5.73 Å². The van der Waals surface area contributed by atoms with Crippen LogP contribution in [0.1, 0.15) is 28.9 Å². The molecule has 2 N–H and O–H groups in total. The van der Waals surface area contributed by atoms with E-state index in [-0.39, 0.29) is 5.91 Å². The van der Waals surface area contributed by atoms with Gasteiger partial charge in [-0.05, 0) is 24.5 Å². The maximum Gasteiger partial charge on any atom is 0.274 e. The van der Waals surface area contributed by atoms with Gasteiger partial charge in [-0.1, -0.05) is 18.2 Å². The fraction of sp³-hybridized carbons (Fsp3) is 0.333. The summed E-state index contributed by atoms with van der Waals surface area (Å²) in [4.78, 5) is 18.6. The quantitative estimate of drug-likeness (QED) is 0.862. The van der Waals surface area contributed by atoms with Crippen molar-refractivity contribution in [2.45, 2.75) is 25.4 Å². The number of benzene rings is 1. The molecular formula is C15H18N4O. The van der Waals surface area contributed by atoms with Crippen molar-refractivity contribution in [2.24, 2.45) is 7.05 Å². The standard InChI is InChI=1S/C15H18N4O/c1-18-9-14(17-10-18)15(20)19(12-6-7-12)8-11-4-2-3-5-13(11)16/h2-5,9-10,12H,6-8,16H2,1H3. The van der Waals surface area contributed by atoms with E-state index >= 15 is 0 Å². The summed E-state index contributed by atoms with van der Waals surface area (Å²) in [7, 11) is 1.86. The normalized spacial score (nSPS) is 14.2. The molecule has 20 heavy (non-hydrogen) atoms. The lowest BCUT2D eigenvalue weighted by Crippen LogP contribution is -2.33. The van der Waals surface area contributed by atoms with Crippen LogP contribution in [-0.2, 0) is 13.6 Å². The highest BCUT2D eigenvalue weighted by atomic mass is 16.2. The summed E-state index contributed by atoms with van der Waals surface area (Å²) >= 11 is 0. The van der Waals surface area contributed by atoms with E-state index in [9.17, 15) is 4.79 Å². The second-order valence-electron chi connectivity index (χ2n) is 5.29. The van der Waals surface area contributed by atoms with Crippen molar-refractivity contribution >= 4 is 11.6 Å². The molecule has 1 saturated carbocycles. The SMILES string of the molecule is Cn1cnc(C(=O)N(Cc2ccccc2N)C2CC2)c1. The van der Waals surface area contributed by atoms with Crippen LogP contribution in [0.5, 0.6) is 0 Å². The molecule has 104 valence electrons. The van der Waals surface area contributed by atoms with Gasteiger partial charge in [-0.15, -0.1) is 0 Å². The zero-order chi connectivity index (χ0) is 14.1. The molecule has 0 radical (unpaired) electrons. The summed E-state index contributed by atoms with van der Waals surface area (Å²) in [6, 6.07) is 8.01. The van der Waals surface area contributed by atoms with E-state index in [2.05, 4.69) is 4.98 Å². The second kappa shape index (κ2) is 5.00. The van der Waals surface area contributed by atoms with Crippen LogP contribution in [0, 0.1) is 0 Å². The van der Waals surface area contributed by atoms with Gasteiger partial charge in [0.2, 0.25) is 0 Å². The van der Waals surface area contributed by atoms with Crippen molar-refractivity contribution in [1.29, 1.82) is 0 Å². The third-order valence-corrected chi connectivity index (χ3v) is 3.57. The predicted molar refractivity (Wildman–Crippen MR) is 77.0 cm³/mol. The van der Waals surface area contributed by atoms with Crippen LogP contribution in [0.2, 0.25) is 0 Å². The molecule has 1 amide bonds. The molecular weight excluding hydrogens is 252 g/mol. The van der Waals surface area contributed by atoms with Gasteiger partial charge in [0.15, 0.2) is 0 Å². The van der Waals surface area contributed by atoms with Gasteiger partial charge in [-0.25, -0.2) is 4.98 Å². The number of imidazole rings is 1. The van der Waals surface area contributed by atoms with Gasteiger partial charge in [0.05, 0.1) is 6.33 Å². The third kappa shape index (κ3) is 2.52. The summed E-state index contributed by atoms with van der Waals surface area (Å²) in [5.41, 5.74) is 8.19. The van der Waals surface area contributed by atoms with Crippen LogP contribution >= 0.6 is 0 Å². The van der Waals surface area contributed by atoms with Gasteiger partial charge in [0, 0.05) is 31.5 Å². The molecule has 0 atom stereocenters.